The molecular weight excluding hydrogens is 589 g/mol. The first-order valence-corrected chi connectivity index (χ1v) is 17.3. The van der Waals surface area contributed by atoms with Crippen LogP contribution in [-0.4, -0.2) is 0 Å². The quantitative estimate of drug-likeness (QED) is 0.172. The molecular formula is C49H34. The van der Waals surface area contributed by atoms with Gasteiger partial charge < -0.3 is 0 Å². The van der Waals surface area contributed by atoms with E-state index in [0.717, 1.165) is 0 Å². The molecule has 0 aromatic heterocycles. The molecule has 0 bridgehead atoms. The molecule has 9 aromatic rings. The Labute approximate surface area is 286 Å². The minimum Gasteiger partial charge on any atom is -0.0616 e. The SMILES string of the molecule is CC1(C)c2cc(-c3cccc(-c4cc5ccccc5c5ccccc45)c3)ccc2-c2ccc(-c3cc4ccccc4c4ccccc34)cc21. The summed E-state index contributed by atoms with van der Waals surface area (Å²) in [6.07, 6.45) is 0. The van der Waals surface area contributed by atoms with Gasteiger partial charge in [-0.05, 0) is 129 Å². The van der Waals surface area contributed by atoms with E-state index in [1.54, 1.807) is 0 Å². The lowest BCUT2D eigenvalue weighted by atomic mass is 9.80. The molecule has 0 heteroatoms. The molecule has 49 heavy (non-hydrogen) atoms. The van der Waals surface area contributed by atoms with E-state index in [9.17, 15) is 0 Å². The van der Waals surface area contributed by atoms with Gasteiger partial charge in [0.15, 0.2) is 0 Å². The second-order valence-electron chi connectivity index (χ2n) is 14.1. The molecule has 0 atom stereocenters. The third-order valence-corrected chi connectivity index (χ3v) is 11.0. The average molecular weight is 623 g/mol. The Kier molecular flexibility index (Phi) is 6.02. The van der Waals surface area contributed by atoms with Crippen LogP contribution < -0.4 is 0 Å². The van der Waals surface area contributed by atoms with Crippen LogP contribution in [0.1, 0.15) is 25.0 Å². The third kappa shape index (κ3) is 4.24. The Morgan fingerprint density at radius 1 is 0.286 bits per heavy atom. The van der Waals surface area contributed by atoms with Gasteiger partial charge in [0.2, 0.25) is 0 Å². The Balaban J connectivity index is 1.07. The van der Waals surface area contributed by atoms with E-state index < -0.39 is 0 Å². The summed E-state index contributed by atoms with van der Waals surface area (Å²) in [5, 5.41) is 10.4. The molecule has 1 aliphatic rings. The number of fused-ring (bicyclic) bond motifs is 9. The lowest BCUT2D eigenvalue weighted by Gasteiger charge is -2.23. The second kappa shape index (κ2) is 10.5. The van der Waals surface area contributed by atoms with Gasteiger partial charge in [0.1, 0.15) is 0 Å². The molecule has 0 amide bonds. The van der Waals surface area contributed by atoms with Gasteiger partial charge in [-0.1, -0.05) is 153 Å². The monoisotopic (exact) mass is 622 g/mol. The first-order valence-electron chi connectivity index (χ1n) is 17.3. The van der Waals surface area contributed by atoms with Gasteiger partial charge in [-0.3, -0.25) is 0 Å². The minimum absolute atomic E-state index is 0.129. The van der Waals surface area contributed by atoms with Crippen molar-refractivity contribution in [2.45, 2.75) is 19.3 Å². The van der Waals surface area contributed by atoms with Crippen LogP contribution in [0.4, 0.5) is 0 Å². The van der Waals surface area contributed by atoms with Gasteiger partial charge in [0, 0.05) is 5.41 Å². The van der Waals surface area contributed by atoms with E-state index in [0.29, 0.717) is 0 Å². The summed E-state index contributed by atoms with van der Waals surface area (Å²) >= 11 is 0. The summed E-state index contributed by atoms with van der Waals surface area (Å²) in [4.78, 5) is 0. The maximum atomic E-state index is 2.46. The Hall–Kier alpha value is -5.98. The molecule has 0 N–H and O–H groups in total. The molecule has 0 spiro atoms. The summed E-state index contributed by atoms with van der Waals surface area (Å²) in [5.74, 6) is 0. The highest BCUT2D eigenvalue weighted by Crippen LogP contribution is 2.51. The maximum Gasteiger partial charge on any atom is 0.0159 e. The third-order valence-electron chi connectivity index (χ3n) is 11.0. The van der Waals surface area contributed by atoms with Gasteiger partial charge in [-0.2, -0.15) is 0 Å². The van der Waals surface area contributed by atoms with Crippen molar-refractivity contribution in [2.24, 2.45) is 0 Å². The second-order valence-corrected chi connectivity index (χ2v) is 14.1. The van der Waals surface area contributed by atoms with Crippen molar-refractivity contribution in [2.75, 3.05) is 0 Å². The smallest absolute Gasteiger partial charge is 0.0159 e. The fourth-order valence-corrected chi connectivity index (χ4v) is 8.54. The van der Waals surface area contributed by atoms with E-state index in [1.807, 2.05) is 0 Å². The highest BCUT2D eigenvalue weighted by atomic mass is 14.4. The van der Waals surface area contributed by atoms with Crippen LogP contribution in [0.25, 0.3) is 87.6 Å². The summed E-state index contributed by atoms with van der Waals surface area (Å²) < 4.78 is 0. The van der Waals surface area contributed by atoms with E-state index >= 15 is 0 Å². The summed E-state index contributed by atoms with van der Waals surface area (Å²) in [6.45, 7) is 4.78. The van der Waals surface area contributed by atoms with E-state index in [4.69, 9.17) is 0 Å². The van der Waals surface area contributed by atoms with Crippen LogP contribution in [0.5, 0.6) is 0 Å². The van der Waals surface area contributed by atoms with Crippen LogP contribution in [0.2, 0.25) is 0 Å². The molecule has 1 aliphatic carbocycles. The molecule has 9 aromatic carbocycles. The highest BCUT2D eigenvalue weighted by molar-refractivity contribution is 6.15. The van der Waals surface area contributed by atoms with Crippen molar-refractivity contribution in [3.8, 4) is 44.5 Å². The average Bonchev–Trinajstić information content (AvgIpc) is 3.39. The van der Waals surface area contributed by atoms with E-state index in [1.165, 1.54) is 98.7 Å². The fourth-order valence-electron chi connectivity index (χ4n) is 8.54. The maximum absolute atomic E-state index is 2.46. The lowest BCUT2D eigenvalue weighted by molar-refractivity contribution is 0.661. The van der Waals surface area contributed by atoms with Gasteiger partial charge in [-0.25, -0.2) is 0 Å². The summed E-state index contributed by atoms with van der Waals surface area (Å²) in [5.41, 5.74) is 12.9. The van der Waals surface area contributed by atoms with Crippen LogP contribution >= 0.6 is 0 Å². The Morgan fingerprint density at radius 2 is 0.694 bits per heavy atom. The fraction of sp³-hybridized carbons (Fsp3) is 0.0612. The molecule has 0 saturated heterocycles. The molecule has 0 radical (unpaired) electrons. The van der Waals surface area contributed by atoms with Crippen molar-refractivity contribution in [1.29, 1.82) is 0 Å². The van der Waals surface area contributed by atoms with Crippen molar-refractivity contribution in [3.63, 3.8) is 0 Å². The molecule has 0 unspecified atom stereocenters. The van der Waals surface area contributed by atoms with E-state index in [-0.39, 0.29) is 5.41 Å². The van der Waals surface area contributed by atoms with Crippen molar-refractivity contribution >= 4 is 43.1 Å². The first kappa shape index (κ1) is 28.1. The number of hydrogen-bond donors (Lipinski definition) is 0. The van der Waals surface area contributed by atoms with Crippen LogP contribution in [0, 0.1) is 0 Å². The predicted octanol–water partition coefficient (Wildman–Crippen LogP) is 13.6. The van der Waals surface area contributed by atoms with Crippen molar-refractivity contribution in [1.82, 2.24) is 0 Å². The number of hydrogen-bond acceptors (Lipinski definition) is 0. The standard InChI is InChI=1S/C49H34/c1-49(2)47-29-32(31-14-11-15-33(26-31)45-27-34-12-3-5-16-37(34)39-18-7-9-20-41(39)45)22-24-43(47)44-25-23-36(30-48(44)49)46-28-35-13-4-6-17-38(35)40-19-8-10-21-42(40)46/h3-30H,1-2H3. The van der Waals surface area contributed by atoms with E-state index in [2.05, 4.69) is 184 Å². The molecule has 0 heterocycles. The van der Waals surface area contributed by atoms with Gasteiger partial charge in [-0.15, -0.1) is 0 Å². The topological polar surface area (TPSA) is 0 Å². The van der Waals surface area contributed by atoms with Gasteiger partial charge in [0.25, 0.3) is 0 Å². The minimum atomic E-state index is -0.129. The van der Waals surface area contributed by atoms with Crippen molar-refractivity contribution < 1.29 is 0 Å². The van der Waals surface area contributed by atoms with Crippen LogP contribution in [-0.2, 0) is 5.41 Å². The number of rotatable bonds is 3. The summed E-state index contributed by atoms with van der Waals surface area (Å²) in [6, 6.07) is 63.2. The zero-order chi connectivity index (χ0) is 32.7. The first-order chi connectivity index (χ1) is 24.0. The van der Waals surface area contributed by atoms with Crippen LogP contribution in [0.15, 0.2) is 170 Å². The van der Waals surface area contributed by atoms with Gasteiger partial charge in [0.05, 0.1) is 0 Å². The molecule has 10 rings (SSSR count). The summed E-state index contributed by atoms with van der Waals surface area (Å²) in [7, 11) is 0. The molecule has 0 fully saturated rings. The molecule has 0 nitrogen and oxygen atoms in total. The largest absolute Gasteiger partial charge is 0.0616 e. The zero-order valence-corrected chi connectivity index (χ0v) is 27.7. The zero-order valence-electron chi connectivity index (χ0n) is 27.7. The normalized spacial score (nSPS) is 13.3. The molecule has 0 aliphatic heterocycles. The molecule has 0 saturated carbocycles. The predicted molar refractivity (Wildman–Crippen MR) is 210 cm³/mol. The lowest BCUT2D eigenvalue weighted by Crippen LogP contribution is -2.15. The highest BCUT2D eigenvalue weighted by Gasteiger charge is 2.36. The van der Waals surface area contributed by atoms with Crippen molar-refractivity contribution in [3.05, 3.63) is 181 Å². The van der Waals surface area contributed by atoms with Gasteiger partial charge >= 0.3 is 0 Å². The number of benzene rings is 9. The Bertz CT molecular complexity index is 2800. The van der Waals surface area contributed by atoms with Crippen LogP contribution in [0.3, 0.4) is 0 Å². The Morgan fingerprint density at radius 3 is 1.27 bits per heavy atom. The molecule has 230 valence electrons.